The minimum atomic E-state index is 0.621. The standard InChI is InChI=1S/C13H19N5O/c1-11-12(16-9-17-13(11)19-2)15-5-3-4-7-18-8-6-14-10-18/h6,8-10H,3-5,7H2,1-2H3,(H,15,16,17). The van der Waals surface area contributed by atoms with E-state index in [1.165, 1.54) is 6.33 Å². The summed E-state index contributed by atoms with van der Waals surface area (Å²) in [6.45, 7) is 3.83. The first kappa shape index (κ1) is 13.3. The van der Waals surface area contributed by atoms with Gasteiger partial charge in [0.05, 0.1) is 19.0 Å². The van der Waals surface area contributed by atoms with E-state index in [4.69, 9.17) is 4.74 Å². The molecule has 0 saturated carbocycles. The van der Waals surface area contributed by atoms with E-state index < -0.39 is 0 Å². The summed E-state index contributed by atoms with van der Waals surface area (Å²) in [5.74, 6) is 1.46. The molecule has 0 spiro atoms. The average molecular weight is 261 g/mol. The quantitative estimate of drug-likeness (QED) is 0.771. The van der Waals surface area contributed by atoms with E-state index in [0.717, 1.165) is 37.3 Å². The molecule has 2 aromatic heterocycles. The van der Waals surface area contributed by atoms with Crippen LogP contribution in [0.2, 0.25) is 0 Å². The first-order valence-electron chi connectivity index (χ1n) is 6.36. The van der Waals surface area contributed by atoms with Crippen molar-refractivity contribution in [1.82, 2.24) is 19.5 Å². The number of ether oxygens (including phenoxy) is 1. The Morgan fingerprint density at radius 3 is 2.95 bits per heavy atom. The van der Waals surface area contributed by atoms with Crippen molar-refractivity contribution in [3.05, 3.63) is 30.6 Å². The van der Waals surface area contributed by atoms with Gasteiger partial charge in [0.2, 0.25) is 5.88 Å². The number of hydrogen-bond donors (Lipinski definition) is 1. The highest BCUT2D eigenvalue weighted by Crippen LogP contribution is 2.19. The summed E-state index contributed by atoms with van der Waals surface area (Å²) in [5, 5.41) is 3.31. The van der Waals surface area contributed by atoms with Gasteiger partial charge in [-0.25, -0.2) is 15.0 Å². The maximum absolute atomic E-state index is 5.16. The predicted molar refractivity (Wildman–Crippen MR) is 73.3 cm³/mol. The summed E-state index contributed by atoms with van der Waals surface area (Å²) >= 11 is 0. The Hall–Kier alpha value is -2.11. The lowest BCUT2D eigenvalue weighted by Crippen LogP contribution is -2.07. The summed E-state index contributed by atoms with van der Waals surface area (Å²) in [4.78, 5) is 12.3. The molecule has 0 atom stereocenters. The highest BCUT2D eigenvalue weighted by atomic mass is 16.5. The monoisotopic (exact) mass is 261 g/mol. The molecule has 2 rings (SSSR count). The van der Waals surface area contributed by atoms with Gasteiger partial charge in [0.25, 0.3) is 0 Å². The van der Waals surface area contributed by atoms with Gasteiger partial charge in [0, 0.05) is 25.5 Å². The van der Waals surface area contributed by atoms with Crippen LogP contribution < -0.4 is 10.1 Å². The molecule has 0 amide bonds. The molecule has 0 aliphatic heterocycles. The molecule has 1 N–H and O–H groups in total. The maximum atomic E-state index is 5.16. The van der Waals surface area contributed by atoms with Crippen LogP contribution in [0.15, 0.2) is 25.0 Å². The van der Waals surface area contributed by atoms with Crippen LogP contribution in [-0.4, -0.2) is 33.2 Å². The summed E-state index contributed by atoms with van der Waals surface area (Å²) in [6.07, 6.45) is 9.31. The van der Waals surface area contributed by atoms with E-state index in [1.807, 2.05) is 19.4 Å². The molecule has 0 aliphatic carbocycles. The molecule has 0 radical (unpaired) electrons. The van der Waals surface area contributed by atoms with Gasteiger partial charge in [-0.05, 0) is 19.8 Å². The molecular weight excluding hydrogens is 242 g/mol. The number of nitrogens with zero attached hydrogens (tertiary/aromatic N) is 4. The number of imidazole rings is 1. The third kappa shape index (κ3) is 3.67. The van der Waals surface area contributed by atoms with Crippen LogP contribution in [0.25, 0.3) is 0 Å². The zero-order chi connectivity index (χ0) is 13.5. The number of aryl methyl sites for hydroxylation is 1. The predicted octanol–water partition coefficient (Wildman–Crippen LogP) is 1.88. The van der Waals surface area contributed by atoms with Crippen molar-refractivity contribution >= 4 is 5.82 Å². The van der Waals surface area contributed by atoms with Crippen LogP contribution in [0.1, 0.15) is 18.4 Å². The molecular formula is C13H19N5O. The van der Waals surface area contributed by atoms with E-state index in [2.05, 4.69) is 24.8 Å². The van der Waals surface area contributed by atoms with Gasteiger partial charge in [-0.15, -0.1) is 0 Å². The second-order valence-electron chi connectivity index (χ2n) is 4.29. The second kappa shape index (κ2) is 6.72. The van der Waals surface area contributed by atoms with Gasteiger partial charge in [-0.2, -0.15) is 0 Å². The van der Waals surface area contributed by atoms with Crippen molar-refractivity contribution in [3.8, 4) is 5.88 Å². The fourth-order valence-corrected chi connectivity index (χ4v) is 1.86. The van der Waals surface area contributed by atoms with Gasteiger partial charge in [0.15, 0.2) is 0 Å². The third-order valence-corrected chi connectivity index (χ3v) is 2.93. The van der Waals surface area contributed by atoms with E-state index in [0.29, 0.717) is 5.88 Å². The van der Waals surface area contributed by atoms with Crippen molar-refractivity contribution in [3.63, 3.8) is 0 Å². The third-order valence-electron chi connectivity index (χ3n) is 2.93. The summed E-state index contributed by atoms with van der Waals surface area (Å²) in [5.41, 5.74) is 0.944. The maximum Gasteiger partial charge on any atom is 0.221 e. The molecule has 0 unspecified atom stereocenters. The fraction of sp³-hybridized carbons (Fsp3) is 0.462. The van der Waals surface area contributed by atoms with Gasteiger partial charge < -0.3 is 14.6 Å². The normalized spacial score (nSPS) is 10.4. The Labute approximate surface area is 112 Å². The van der Waals surface area contributed by atoms with Crippen molar-refractivity contribution in [1.29, 1.82) is 0 Å². The lowest BCUT2D eigenvalue weighted by Gasteiger charge is -2.10. The number of anilines is 1. The van der Waals surface area contributed by atoms with E-state index in [1.54, 1.807) is 13.3 Å². The minimum Gasteiger partial charge on any atom is -0.481 e. The first-order valence-corrected chi connectivity index (χ1v) is 6.36. The highest BCUT2D eigenvalue weighted by molar-refractivity contribution is 5.47. The van der Waals surface area contributed by atoms with Crippen LogP contribution in [0.4, 0.5) is 5.82 Å². The van der Waals surface area contributed by atoms with Crippen LogP contribution >= 0.6 is 0 Å². The molecule has 0 fully saturated rings. The molecule has 6 nitrogen and oxygen atoms in total. The number of unbranched alkanes of at least 4 members (excludes halogenated alkanes) is 1. The molecule has 0 bridgehead atoms. The lowest BCUT2D eigenvalue weighted by atomic mass is 10.3. The van der Waals surface area contributed by atoms with E-state index in [9.17, 15) is 0 Å². The molecule has 2 aromatic rings. The number of nitrogens with one attached hydrogen (secondary N) is 1. The SMILES string of the molecule is COc1ncnc(NCCCCn2ccnc2)c1C. The van der Waals surface area contributed by atoms with Crippen LogP contribution in [-0.2, 0) is 6.54 Å². The Morgan fingerprint density at radius 1 is 1.32 bits per heavy atom. The molecule has 102 valence electrons. The van der Waals surface area contributed by atoms with E-state index >= 15 is 0 Å². The van der Waals surface area contributed by atoms with Crippen LogP contribution in [0, 0.1) is 6.92 Å². The van der Waals surface area contributed by atoms with E-state index in [-0.39, 0.29) is 0 Å². The van der Waals surface area contributed by atoms with Crippen LogP contribution in [0.5, 0.6) is 5.88 Å². The van der Waals surface area contributed by atoms with Crippen molar-refractivity contribution < 1.29 is 4.74 Å². The number of methoxy groups -OCH3 is 1. The largest absolute Gasteiger partial charge is 0.481 e. The Balaban J connectivity index is 1.73. The lowest BCUT2D eigenvalue weighted by molar-refractivity contribution is 0.393. The van der Waals surface area contributed by atoms with Gasteiger partial charge in [-0.3, -0.25) is 0 Å². The Morgan fingerprint density at radius 2 is 2.21 bits per heavy atom. The smallest absolute Gasteiger partial charge is 0.221 e. The minimum absolute atomic E-state index is 0.621. The zero-order valence-corrected chi connectivity index (χ0v) is 11.3. The molecule has 0 saturated heterocycles. The van der Waals surface area contributed by atoms with Crippen molar-refractivity contribution in [2.24, 2.45) is 0 Å². The first-order chi connectivity index (χ1) is 9.31. The molecule has 6 heteroatoms. The molecule has 0 aromatic carbocycles. The molecule has 0 aliphatic rings. The summed E-state index contributed by atoms with van der Waals surface area (Å²) in [6, 6.07) is 0. The average Bonchev–Trinajstić information content (AvgIpc) is 2.93. The topological polar surface area (TPSA) is 64.9 Å². The fourth-order valence-electron chi connectivity index (χ4n) is 1.86. The number of aromatic nitrogens is 4. The van der Waals surface area contributed by atoms with Crippen molar-refractivity contribution in [2.75, 3.05) is 19.0 Å². The zero-order valence-electron chi connectivity index (χ0n) is 11.3. The molecule has 19 heavy (non-hydrogen) atoms. The van der Waals surface area contributed by atoms with Gasteiger partial charge in [-0.1, -0.05) is 0 Å². The Kier molecular flexibility index (Phi) is 4.72. The Bertz CT molecular complexity index is 498. The number of hydrogen-bond acceptors (Lipinski definition) is 5. The molecule has 2 heterocycles. The van der Waals surface area contributed by atoms with Gasteiger partial charge >= 0.3 is 0 Å². The number of rotatable bonds is 7. The van der Waals surface area contributed by atoms with Gasteiger partial charge in [0.1, 0.15) is 12.1 Å². The second-order valence-corrected chi connectivity index (χ2v) is 4.29. The van der Waals surface area contributed by atoms with Crippen molar-refractivity contribution in [2.45, 2.75) is 26.3 Å². The summed E-state index contributed by atoms with van der Waals surface area (Å²) < 4.78 is 7.24. The summed E-state index contributed by atoms with van der Waals surface area (Å²) in [7, 11) is 1.62. The van der Waals surface area contributed by atoms with Crippen LogP contribution in [0.3, 0.4) is 0 Å². The highest BCUT2D eigenvalue weighted by Gasteiger charge is 2.05.